The average molecular weight is 294 g/mol. The summed E-state index contributed by atoms with van der Waals surface area (Å²) in [6.45, 7) is 0. The van der Waals surface area contributed by atoms with Gasteiger partial charge in [0.25, 0.3) is 0 Å². The molecule has 1 aliphatic rings. The molecular weight excluding hydrogens is 280 g/mol. The molecule has 0 radical (unpaired) electrons. The van der Waals surface area contributed by atoms with E-state index in [2.05, 4.69) is 0 Å². The monoisotopic (exact) mass is 294 g/mol. The van der Waals surface area contributed by atoms with Gasteiger partial charge in [-0.3, -0.25) is 0 Å². The van der Waals surface area contributed by atoms with E-state index in [0.29, 0.717) is 0 Å². The Labute approximate surface area is 116 Å². The molecular formula is C14H14O3S2. The molecule has 1 saturated heterocycles. The molecule has 2 unspecified atom stereocenters. The number of rotatable bonds is 2. The third kappa shape index (κ3) is 2.78. The Bertz CT molecular complexity index is 709. The van der Waals surface area contributed by atoms with Crippen LogP contribution in [0.5, 0.6) is 0 Å². The van der Waals surface area contributed by atoms with Gasteiger partial charge in [-0.1, -0.05) is 30.3 Å². The van der Waals surface area contributed by atoms with Crippen LogP contribution in [-0.4, -0.2) is 36.4 Å². The van der Waals surface area contributed by atoms with Gasteiger partial charge in [-0.2, -0.15) is 0 Å². The van der Waals surface area contributed by atoms with E-state index >= 15 is 0 Å². The molecule has 2 atom stereocenters. The van der Waals surface area contributed by atoms with Crippen molar-refractivity contribution in [2.75, 3.05) is 11.5 Å². The van der Waals surface area contributed by atoms with Crippen LogP contribution in [-0.2, 0) is 9.84 Å². The number of benzene rings is 2. The summed E-state index contributed by atoms with van der Waals surface area (Å²) in [4.78, 5) is 1.000. The number of hydrogen-bond acceptors (Lipinski definition) is 4. The van der Waals surface area contributed by atoms with E-state index in [1.54, 1.807) is 0 Å². The Balaban J connectivity index is 1.86. The smallest absolute Gasteiger partial charge is 0.154 e. The molecule has 0 amide bonds. The molecule has 0 saturated carbocycles. The van der Waals surface area contributed by atoms with Crippen LogP contribution in [0.15, 0.2) is 47.4 Å². The van der Waals surface area contributed by atoms with Crippen LogP contribution >= 0.6 is 11.8 Å². The SMILES string of the molecule is O=S1(=O)CC(O)C(Sc2ccc3ccccc3c2)C1. The van der Waals surface area contributed by atoms with Gasteiger partial charge in [0.05, 0.1) is 22.9 Å². The van der Waals surface area contributed by atoms with Gasteiger partial charge < -0.3 is 5.11 Å². The highest BCUT2D eigenvalue weighted by Gasteiger charge is 2.36. The van der Waals surface area contributed by atoms with Crippen LogP contribution in [0.25, 0.3) is 10.8 Å². The van der Waals surface area contributed by atoms with Crippen LogP contribution in [0.1, 0.15) is 0 Å². The van der Waals surface area contributed by atoms with Crippen LogP contribution < -0.4 is 0 Å². The first-order valence-corrected chi connectivity index (χ1v) is 8.77. The number of sulfone groups is 1. The highest BCUT2D eigenvalue weighted by atomic mass is 32.2. The van der Waals surface area contributed by atoms with E-state index in [9.17, 15) is 13.5 Å². The van der Waals surface area contributed by atoms with Crippen LogP contribution in [0, 0.1) is 0 Å². The molecule has 1 aliphatic heterocycles. The summed E-state index contributed by atoms with van der Waals surface area (Å²) in [7, 11) is -3.08. The van der Waals surface area contributed by atoms with E-state index in [4.69, 9.17) is 0 Å². The van der Waals surface area contributed by atoms with Crippen molar-refractivity contribution in [1.29, 1.82) is 0 Å². The zero-order valence-electron chi connectivity index (χ0n) is 10.2. The summed E-state index contributed by atoms with van der Waals surface area (Å²) in [6.07, 6.45) is -0.763. The number of aliphatic hydroxyl groups excluding tert-OH is 1. The van der Waals surface area contributed by atoms with Crippen molar-refractivity contribution in [3.05, 3.63) is 42.5 Å². The fourth-order valence-electron chi connectivity index (χ4n) is 2.32. The zero-order valence-corrected chi connectivity index (χ0v) is 11.8. The summed E-state index contributed by atoms with van der Waals surface area (Å²) >= 11 is 1.45. The van der Waals surface area contributed by atoms with E-state index < -0.39 is 15.9 Å². The summed E-state index contributed by atoms with van der Waals surface area (Å²) in [6, 6.07) is 14.1. The maximum atomic E-state index is 11.5. The topological polar surface area (TPSA) is 54.4 Å². The van der Waals surface area contributed by atoms with Crippen LogP contribution in [0.2, 0.25) is 0 Å². The van der Waals surface area contributed by atoms with Crippen molar-refractivity contribution >= 4 is 32.4 Å². The molecule has 1 fully saturated rings. The second-order valence-corrected chi connectivity index (χ2v) is 8.28. The second-order valence-electron chi connectivity index (χ2n) is 4.81. The Hall–Kier alpha value is -1.04. The van der Waals surface area contributed by atoms with Crippen molar-refractivity contribution in [1.82, 2.24) is 0 Å². The van der Waals surface area contributed by atoms with Gasteiger partial charge in [0.1, 0.15) is 0 Å². The van der Waals surface area contributed by atoms with Crippen molar-refractivity contribution < 1.29 is 13.5 Å². The summed E-state index contributed by atoms with van der Waals surface area (Å²) in [5.74, 6) is -0.0517. The number of hydrogen-bond donors (Lipinski definition) is 1. The van der Waals surface area contributed by atoms with Gasteiger partial charge in [0.2, 0.25) is 0 Å². The molecule has 0 aliphatic carbocycles. The molecule has 0 spiro atoms. The minimum absolute atomic E-state index is 0.0612. The fraction of sp³-hybridized carbons (Fsp3) is 0.286. The zero-order chi connectivity index (χ0) is 13.5. The lowest BCUT2D eigenvalue weighted by Gasteiger charge is -2.12. The predicted octanol–water partition coefficient (Wildman–Crippen LogP) is 2.09. The van der Waals surface area contributed by atoms with Crippen molar-refractivity contribution in [2.45, 2.75) is 16.2 Å². The minimum atomic E-state index is -3.08. The third-order valence-corrected chi connectivity index (χ3v) is 6.52. The van der Waals surface area contributed by atoms with Gasteiger partial charge in [0, 0.05) is 4.90 Å². The molecule has 0 bridgehead atoms. The van der Waals surface area contributed by atoms with E-state index in [1.807, 2.05) is 42.5 Å². The van der Waals surface area contributed by atoms with Crippen LogP contribution in [0.3, 0.4) is 0 Å². The van der Waals surface area contributed by atoms with Gasteiger partial charge >= 0.3 is 0 Å². The van der Waals surface area contributed by atoms with E-state index in [1.165, 1.54) is 11.8 Å². The Morgan fingerprint density at radius 2 is 1.79 bits per heavy atom. The Morgan fingerprint density at radius 3 is 2.47 bits per heavy atom. The number of thioether (sulfide) groups is 1. The second kappa shape index (κ2) is 4.81. The van der Waals surface area contributed by atoms with Crippen molar-refractivity contribution in [2.24, 2.45) is 0 Å². The van der Waals surface area contributed by atoms with E-state index in [0.717, 1.165) is 15.7 Å². The summed E-state index contributed by atoms with van der Waals surface area (Å²) in [5.41, 5.74) is 0. The lowest BCUT2D eigenvalue weighted by atomic mass is 10.1. The first-order chi connectivity index (χ1) is 9.03. The molecule has 1 heterocycles. The normalized spacial score (nSPS) is 25.7. The molecule has 2 aromatic carbocycles. The molecule has 19 heavy (non-hydrogen) atoms. The summed E-state index contributed by atoms with van der Waals surface area (Å²) < 4.78 is 23.0. The Kier molecular flexibility index (Phi) is 3.28. The highest BCUT2D eigenvalue weighted by molar-refractivity contribution is 8.02. The van der Waals surface area contributed by atoms with Crippen LogP contribution in [0.4, 0.5) is 0 Å². The van der Waals surface area contributed by atoms with Gasteiger partial charge in [-0.05, 0) is 22.9 Å². The van der Waals surface area contributed by atoms with Gasteiger partial charge in [-0.25, -0.2) is 8.42 Å². The maximum absolute atomic E-state index is 11.5. The van der Waals surface area contributed by atoms with Crippen molar-refractivity contribution in [3.63, 3.8) is 0 Å². The lowest BCUT2D eigenvalue weighted by Crippen LogP contribution is -2.19. The molecule has 100 valence electrons. The molecule has 5 heteroatoms. The minimum Gasteiger partial charge on any atom is -0.391 e. The first kappa shape index (κ1) is 13.0. The predicted molar refractivity (Wildman–Crippen MR) is 78.3 cm³/mol. The number of fused-ring (bicyclic) bond motifs is 1. The molecule has 3 rings (SSSR count). The first-order valence-electron chi connectivity index (χ1n) is 6.07. The Morgan fingerprint density at radius 1 is 1.05 bits per heavy atom. The average Bonchev–Trinajstić information content (AvgIpc) is 2.62. The maximum Gasteiger partial charge on any atom is 0.154 e. The third-order valence-electron chi connectivity index (χ3n) is 3.28. The summed E-state index contributed by atoms with van der Waals surface area (Å²) in [5, 5.41) is 11.8. The molecule has 3 nitrogen and oxygen atoms in total. The number of aliphatic hydroxyl groups is 1. The molecule has 0 aromatic heterocycles. The van der Waals surface area contributed by atoms with Crippen molar-refractivity contribution in [3.8, 4) is 0 Å². The fourth-order valence-corrected chi connectivity index (χ4v) is 5.90. The molecule has 1 N–H and O–H groups in total. The van der Waals surface area contributed by atoms with Gasteiger partial charge in [-0.15, -0.1) is 11.8 Å². The highest BCUT2D eigenvalue weighted by Crippen LogP contribution is 2.32. The largest absolute Gasteiger partial charge is 0.391 e. The van der Waals surface area contributed by atoms with E-state index in [-0.39, 0.29) is 16.8 Å². The van der Waals surface area contributed by atoms with Gasteiger partial charge in [0.15, 0.2) is 9.84 Å². The lowest BCUT2D eigenvalue weighted by molar-refractivity contribution is 0.207. The standard InChI is InChI=1S/C14H14O3S2/c15-13-8-19(16,17)9-14(13)18-12-6-5-10-3-1-2-4-11(10)7-12/h1-7,13-15H,8-9H2. The molecule has 2 aromatic rings. The quantitative estimate of drug-likeness (QED) is 0.921.